The molecule has 0 spiro atoms. The molecule has 21 heavy (non-hydrogen) atoms. The number of aldehydes is 1. The van der Waals surface area contributed by atoms with Gasteiger partial charge in [-0.25, -0.2) is 8.78 Å². The van der Waals surface area contributed by atoms with Gasteiger partial charge in [0.15, 0.2) is 17.9 Å². The van der Waals surface area contributed by atoms with Gasteiger partial charge in [-0.3, -0.25) is 4.79 Å². The zero-order valence-electron chi connectivity index (χ0n) is 10.2. The number of carbonyl (C=O) groups is 1. The highest BCUT2D eigenvalue weighted by Gasteiger charge is 2.33. The SMILES string of the molecule is O=Cc1ccc(Sc2ccc(F)c(F)c2)cc1C(F)(F)F. The predicted molar refractivity (Wildman–Crippen MR) is 67.3 cm³/mol. The van der Waals surface area contributed by atoms with E-state index in [4.69, 9.17) is 0 Å². The molecule has 0 N–H and O–H groups in total. The molecule has 0 saturated heterocycles. The van der Waals surface area contributed by atoms with Gasteiger partial charge in [-0.05, 0) is 36.4 Å². The van der Waals surface area contributed by atoms with Crippen molar-refractivity contribution in [3.05, 3.63) is 59.2 Å². The molecule has 0 saturated carbocycles. The topological polar surface area (TPSA) is 17.1 Å². The lowest BCUT2D eigenvalue weighted by atomic mass is 10.1. The molecule has 7 heteroatoms. The number of alkyl halides is 3. The number of hydrogen-bond donors (Lipinski definition) is 0. The standard InChI is InChI=1S/C14H7F5OS/c15-12-4-3-10(6-13(12)16)21-9-2-1-8(7-20)11(5-9)14(17,18)19/h1-7H. The van der Waals surface area contributed by atoms with Crippen LogP contribution >= 0.6 is 11.8 Å². The lowest BCUT2D eigenvalue weighted by Gasteiger charge is -2.11. The van der Waals surface area contributed by atoms with Gasteiger partial charge in [0.2, 0.25) is 0 Å². The Morgan fingerprint density at radius 3 is 2.10 bits per heavy atom. The fourth-order valence-electron chi connectivity index (χ4n) is 1.62. The Bertz CT molecular complexity index is 682. The van der Waals surface area contributed by atoms with Crippen LogP contribution in [-0.2, 0) is 6.18 Å². The molecule has 0 aromatic heterocycles. The van der Waals surface area contributed by atoms with Gasteiger partial charge in [0.05, 0.1) is 5.56 Å². The van der Waals surface area contributed by atoms with Crippen molar-refractivity contribution in [2.45, 2.75) is 16.0 Å². The lowest BCUT2D eigenvalue weighted by molar-refractivity contribution is -0.138. The summed E-state index contributed by atoms with van der Waals surface area (Å²) in [6.07, 6.45) is -4.55. The summed E-state index contributed by atoms with van der Waals surface area (Å²) in [4.78, 5) is 11.0. The third-order valence-electron chi connectivity index (χ3n) is 2.58. The maximum absolute atomic E-state index is 13.1. The molecule has 0 atom stereocenters. The van der Waals surface area contributed by atoms with Crippen molar-refractivity contribution in [2.24, 2.45) is 0 Å². The van der Waals surface area contributed by atoms with Gasteiger partial charge in [-0.2, -0.15) is 13.2 Å². The molecule has 0 aliphatic heterocycles. The molecular formula is C14H7F5OS. The zero-order chi connectivity index (χ0) is 15.6. The van der Waals surface area contributed by atoms with Gasteiger partial charge in [0, 0.05) is 15.4 Å². The third-order valence-corrected chi connectivity index (χ3v) is 3.56. The Morgan fingerprint density at radius 1 is 0.905 bits per heavy atom. The van der Waals surface area contributed by atoms with E-state index in [0.29, 0.717) is 0 Å². The second-order valence-corrected chi connectivity index (χ2v) is 5.19. The largest absolute Gasteiger partial charge is 0.417 e. The Morgan fingerprint density at radius 2 is 1.52 bits per heavy atom. The summed E-state index contributed by atoms with van der Waals surface area (Å²) < 4.78 is 64.2. The van der Waals surface area contributed by atoms with Crippen molar-refractivity contribution in [2.75, 3.05) is 0 Å². The minimum Gasteiger partial charge on any atom is -0.298 e. The highest BCUT2D eigenvalue weighted by Crippen LogP contribution is 2.36. The maximum Gasteiger partial charge on any atom is 0.417 e. The van der Waals surface area contributed by atoms with Gasteiger partial charge < -0.3 is 0 Å². The summed E-state index contributed by atoms with van der Waals surface area (Å²) in [5.41, 5.74) is -1.54. The van der Waals surface area contributed by atoms with Crippen LogP contribution in [0, 0.1) is 11.6 Å². The van der Waals surface area contributed by atoms with Gasteiger partial charge in [-0.1, -0.05) is 11.8 Å². The second-order valence-electron chi connectivity index (χ2n) is 4.04. The summed E-state index contributed by atoms with van der Waals surface area (Å²) in [5.74, 6) is -2.12. The first-order valence-corrected chi connectivity index (χ1v) is 6.42. The summed E-state index contributed by atoms with van der Waals surface area (Å²) in [6.45, 7) is 0. The van der Waals surface area contributed by atoms with E-state index in [1.807, 2.05) is 0 Å². The quantitative estimate of drug-likeness (QED) is 0.588. The van der Waals surface area contributed by atoms with Crippen LogP contribution in [0.2, 0.25) is 0 Å². The van der Waals surface area contributed by atoms with Crippen molar-refractivity contribution >= 4 is 18.0 Å². The van der Waals surface area contributed by atoms with E-state index >= 15 is 0 Å². The highest BCUT2D eigenvalue weighted by atomic mass is 32.2. The van der Waals surface area contributed by atoms with Gasteiger partial charge in [-0.15, -0.1) is 0 Å². The Hall–Kier alpha value is -1.89. The summed E-state index contributed by atoms with van der Waals surface area (Å²) in [7, 11) is 0. The first-order chi connectivity index (χ1) is 9.81. The molecule has 1 nitrogen and oxygen atoms in total. The molecule has 0 radical (unpaired) electrons. The molecule has 2 aromatic carbocycles. The molecule has 0 bridgehead atoms. The monoisotopic (exact) mass is 318 g/mol. The van der Waals surface area contributed by atoms with Crippen molar-refractivity contribution in [1.29, 1.82) is 0 Å². The minimum atomic E-state index is -4.67. The molecule has 0 fully saturated rings. The van der Waals surface area contributed by atoms with E-state index in [9.17, 15) is 26.7 Å². The van der Waals surface area contributed by atoms with Crippen LogP contribution in [-0.4, -0.2) is 6.29 Å². The maximum atomic E-state index is 13.1. The first-order valence-electron chi connectivity index (χ1n) is 5.60. The normalized spacial score (nSPS) is 11.5. The van der Waals surface area contributed by atoms with Crippen LogP contribution in [0.4, 0.5) is 22.0 Å². The Balaban J connectivity index is 2.36. The summed E-state index contributed by atoms with van der Waals surface area (Å²) >= 11 is 0.837. The van der Waals surface area contributed by atoms with Crippen LogP contribution in [0.3, 0.4) is 0 Å². The molecule has 0 unspecified atom stereocenters. The van der Waals surface area contributed by atoms with Gasteiger partial charge in [0.25, 0.3) is 0 Å². The summed E-state index contributed by atoms with van der Waals surface area (Å²) in [6, 6.07) is 6.19. The number of hydrogen-bond acceptors (Lipinski definition) is 2. The Labute approximate surface area is 120 Å². The molecule has 2 rings (SSSR count). The van der Waals surface area contributed by atoms with Crippen molar-refractivity contribution in [1.82, 2.24) is 0 Å². The van der Waals surface area contributed by atoms with E-state index in [2.05, 4.69) is 0 Å². The minimum absolute atomic E-state index is 0.120. The zero-order valence-corrected chi connectivity index (χ0v) is 11.1. The average molecular weight is 318 g/mol. The lowest BCUT2D eigenvalue weighted by Crippen LogP contribution is -2.08. The van der Waals surface area contributed by atoms with Gasteiger partial charge in [0.1, 0.15) is 0 Å². The van der Waals surface area contributed by atoms with E-state index in [1.54, 1.807) is 0 Å². The second kappa shape index (κ2) is 5.85. The van der Waals surface area contributed by atoms with E-state index in [0.717, 1.165) is 36.0 Å². The van der Waals surface area contributed by atoms with Crippen LogP contribution < -0.4 is 0 Å². The van der Waals surface area contributed by atoms with Crippen molar-refractivity contribution in [3.8, 4) is 0 Å². The van der Waals surface area contributed by atoms with Gasteiger partial charge >= 0.3 is 6.18 Å². The molecular weight excluding hydrogens is 311 g/mol. The molecule has 0 aliphatic rings. The first kappa shape index (κ1) is 15.5. The number of carbonyl (C=O) groups excluding carboxylic acids is 1. The molecule has 2 aromatic rings. The fraction of sp³-hybridized carbons (Fsp3) is 0.0714. The van der Waals surface area contributed by atoms with Crippen LogP contribution in [0.5, 0.6) is 0 Å². The molecule has 0 amide bonds. The molecule has 110 valence electrons. The van der Waals surface area contributed by atoms with Crippen molar-refractivity contribution < 1.29 is 26.7 Å². The molecule has 0 aliphatic carbocycles. The smallest absolute Gasteiger partial charge is 0.298 e. The summed E-state index contributed by atoms with van der Waals surface area (Å²) in [5, 5.41) is 0. The van der Waals surface area contributed by atoms with E-state index in [1.165, 1.54) is 12.1 Å². The van der Waals surface area contributed by atoms with Crippen LogP contribution in [0.1, 0.15) is 15.9 Å². The van der Waals surface area contributed by atoms with E-state index < -0.39 is 28.9 Å². The third kappa shape index (κ3) is 3.60. The van der Waals surface area contributed by atoms with Crippen LogP contribution in [0.15, 0.2) is 46.2 Å². The average Bonchev–Trinajstić information content (AvgIpc) is 2.42. The molecule has 0 heterocycles. The predicted octanol–water partition coefficient (Wildman–Crippen LogP) is 4.95. The van der Waals surface area contributed by atoms with Crippen molar-refractivity contribution in [3.63, 3.8) is 0 Å². The number of halogens is 5. The fourth-order valence-corrected chi connectivity index (χ4v) is 2.51. The van der Waals surface area contributed by atoms with E-state index in [-0.39, 0.29) is 16.1 Å². The van der Waals surface area contributed by atoms with Crippen LogP contribution in [0.25, 0.3) is 0 Å². The Kier molecular flexibility index (Phi) is 4.32. The highest BCUT2D eigenvalue weighted by molar-refractivity contribution is 7.99. The number of benzene rings is 2. The number of rotatable bonds is 3.